The van der Waals surface area contributed by atoms with Crippen molar-refractivity contribution in [3.05, 3.63) is 41.2 Å². The van der Waals surface area contributed by atoms with Gasteiger partial charge in [0.25, 0.3) is 0 Å². The molecule has 5 heteroatoms. The number of carboxylic acids is 1. The van der Waals surface area contributed by atoms with E-state index in [0.717, 1.165) is 24.1 Å². The zero-order valence-corrected chi connectivity index (χ0v) is 11.1. The Bertz CT molecular complexity index is 590. The van der Waals surface area contributed by atoms with E-state index >= 15 is 0 Å². The molecule has 2 rings (SSSR count). The minimum absolute atomic E-state index is 0.0509. The van der Waals surface area contributed by atoms with Crippen LogP contribution in [0.25, 0.3) is 5.69 Å². The molecule has 1 heterocycles. The second-order valence-electron chi connectivity index (χ2n) is 4.54. The van der Waals surface area contributed by atoms with E-state index in [1.807, 2.05) is 31.2 Å². The average Bonchev–Trinajstić information content (AvgIpc) is 2.80. The van der Waals surface area contributed by atoms with Crippen molar-refractivity contribution in [2.45, 2.75) is 33.1 Å². The lowest BCUT2D eigenvalue weighted by Crippen LogP contribution is -2.07. The summed E-state index contributed by atoms with van der Waals surface area (Å²) >= 11 is 0. The Hall–Kier alpha value is -2.17. The zero-order valence-electron chi connectivity index (χ0n) is 11.1. The van der Waals surface area contributed by atoms with E-state index in [-0.39, 0.29) is 5.69 Å². The van der Waals surface area contributed by atoms with Gasteiger partial charge in [0.1, 0.15) is 0 Å². The average molecular weight is 259 g/mol. The SMILES string of the molecule is CCCCc1c(C(=O)O)nnn1-c1cccc(C)c1. The Labute approximate surface area is 111 Å². The van der Waals surface area contributed by atoms with Crippen molar-refractivity contribution in [1.82, 2.24) is 15.0 Å². The van der Waals surface area contributed by atoms with Crippen molar-refractivity contribution in [2.24, 2.45) is 0 Å². The molecule has 19 heavy (non-hydrogen) atoms. The lowest BCUT2D eigenvalue weighted by Gasteiger charge is -2.07. The first-order valence-corrected chi connectivity index (χ1v) is 6.38. The van der Waals surface area contributed by atoms with E-state index in [9.17, 15) is 4.79 Å². The number of aromatic carboxylic acids is 1. The second-order valence-corrected chi connectivity index (χ2v) is 4.54. The Morgan fingerprint density at radius 3 is 2.84 bits per heavy atom. The molecule has 0 aliphatic heterocycles. The molecule has 0 bridgehead atoms. The molecule has 0 amide bonds. The van der Waals surface area contributed by atoms with Gasteiger partial charge in [-0.3, -0.25) is 0 Å². The van der Waals surface area contributed by atoms with Crippen LogP contribution in [0.1, 0.15) is 41.5 Å². The maximum absolute atomic E-state index is 11.2. The van der Waals surface area contributed by atoms with Gasteiger partial charge in [0.15, 0.2) is 5.69 Å². The first-order chi connectivity index (χ1) is 9.13. The van der Waals surface area contributed by atoms with E-state index in [4.69, 9.17) is 5.11 Å². The Kier molecular flexibility index (Phi) is 3.94. The molecule has 0 aliphatic rings. The van der Waals surface area contributed by atoms with Gasteiger partial charge in [-0.05, 0) is 37.5 Å². The third-order valence-corrected chi connectivity index (χ3v) is 2.98. The number of hydrogen-bond acceptors (Lipinski definition) is 3. The van der Waals surface area contributed by atoms with Crippen LogP contribution in [0, 0.1) is 6.92 Å². The summed E-state index contributed by atoms with van der Waals surface area (Å²) in [7, 11) is 0. The molecule has 5 nitrogen and oxygen atoms in total. The maximum atomic E-state index is 11.2. The van der Waals surface area contributed by atoms with Gasteiger partial charge in [-0.1, -0.05) is 30.7 Å². The van der Waals surface area contributed by atoms with Crippen LogP contribution in [0.5, 0.6) is 0 Å². The molecule has 0 aliphatic carbocycles. The van der Waals surface area contributed by atoms with E-state index in [2.05, 4.69) is 17.2 Å². The van der Waals surface area contributed by atoms with Crippen LogP contribution in [-0.2, 0) is 6.42 Å². The summed E-state index contributed by atoms with van der Waals surface area (Å²) in [5, 5.41) is 16.9. The van der Waals surface area contributed by atoms with Crippen molar-refractivity contribution in [2.75, 3.05) is 0 Å². The number of hydrogen-bond donors (Lipinski definition) is 1. The summed E-state index contributed by atoms with van der Waals surface area (Å²) in [6.45, 7) is 4.06. The fourth-order valence-electron chi connectivity index (χ4n) is 2.00. The van der Waals surface area contributed by atoms with Crippen LogP contribution in [-0.4, -0.2) is 26.1 Å². The fraction of sp³-hybridized carbons (Fsp3) is 0.357. The Balaban J connectivity index is 2.47. The molecule has 0 fully saturated rings. The van der Waals surface area contributed by atoms with Crippen molar-refractivity contribution in [1.29, 1.82) is 0 Å². The summed E-state index contributed by atoms with van der Waals surface area (Å²) in [5.74, 6) is -1.02. The van der Waals surface area contributed by atoms with Gasteiger partial charge in [-0.25, -0.2) is 9.48 Å². The number of rotatable bonds is 5. The van der Waals surface area contributed by atoms with Crippen LogP contribution < -0.4 is 0 Å². The highest BCUT2D eigenvalue weighted by Crippen LogP contribution is 2.16. The highest BCUT2D eigenvalue weighted by Gasteiger charge is 2.19. The molecule has 0 saturated heterocycles. The molecule has 0 atom stereocenters. The highest BCUT2D eigenvalue weighted by molar-refractivity contribution is 5.86. The number of aromatic nitrogens is 3. The van der Waals surface area contributed by atoms with Crippen LogP contribution in [0.3, 0.4) is 0 Å². The van der Waals surface area contributed by atoms with Crippen molar-refractivity contribution < 1.29 is 9.90 Å². The van der Waals surface area contributed by atoms with Crippen molar-refractivity contribution in [3.63, 3.8) is 0 Å². The smallest absolute Gasteiger partial charge is 0.358 e. The van der Waals surface area contributed by atoms with Crippen LogP contribution in [0.2, 0.25) is 0 Å². The van der Waals surface area contributed by atoms with Crippen molar-refractivity contribution in [3.8, 4) is 5.69 Å². The molecule has 100 valence electrons. The van der Waals surface area contributed by atoms with Gasteiger partial charge in [0, 0.05) is 0 Å². The number of carboxylic acid groups (broad SMARTS) is 1. The molecule has 2 aromatic rings. The van der Waals surface area contributed by atoms with Crippen molar-refractivity contribution >= 4 is 5.97 Å². The van der Waals surface area contributed by atoms with E-state index in [1.165, 1.54) is 0 Å². The normalized spacial score (nSPS) is 10.6. The highest BCUT2D eigenvalue weighted by atomic mass is 16.4. The zero-order chi connectivity index (χ0) is 13.8. The molecule has 1 N–H and O–H groups in total. The summed E-state index contributed by atoms with van der Waals surface area (Å²) in [4.78, 5) is 11.2. The third-order valence-electron chi connectivity index (χ3n) is 2.98. The molecule has 0 unspecified atom stereocenters. The second kappa shape index (κ2) is 5.65. The van der Waals surface area contributed by atoms with Gasteiger partial charge in [-0.2, -0.15) is 0 Å². The molecular weight excluding hydrogens is 242 g/mol. The lowest BCUT2D eigenvalue weighted by atomic mass is 10.1. The standard InChI is InChI=1S/C14H17N3O2/c1-3-4-8-12-13(14(18)19)15-16-17(12)11-7-5-6-10(2)9-11/h5-7,9H,3-4,8H2,1-2H3,(H,18,19). The molecular formula is C14H17N3O2. The molecule has 1 aromatic heterocycles. The third kappa shape index (κ3) is 2.81. The quantitative estimate of drug-likeness (QED) is 0.896. The number of nitrogens with zero attached hydrogens (tertiary/aromatic N) is 3. The van der Waals surface area contributed by atoms with Gasteiger partial charge in [-0.15, -0.1) is 5.10 Å². The summed E-state index contributed by atoms with van der Waals surface area (Å²) in [6, 6.07) is 7.79. The van der Waals surface area contributed by atoms with Crippen LogP contribution in [0.4, 0.5) is 0 Å². The summed E-state index contributed by atoms with van der Waals surface area (Å²) in [5.41, 5.74) is 2.67. The summed E-state index contributed by atoms with van der Waals surface area (Å²) in [6.07, 6.45) is 2.58. The Morgan fingerprint density at radius 2 is 2.21 bits per heavy atom. The molecule has 0 saturated carbocycles. The first-order valence-electron chi connectivity index (χ1n) is 6.38. The van der Waals surface area contributed by atoms with Gasteiger partial charge < -0.3 is 5.11 Å². The van der Waals surface area contributed by atoms with Gasteiger partial charge in [0.2, 0.25) is 0 Å². The minimum Gasteiger partial charge on any atom is -0.476 e. The van der Waals surface area contributed by atoms with Crippen LogP contribution >= 0.6 is 0 Å². The number of benzene rings is 1. The van der Waals surface area contributed by atoms with E-state index < -0.39 is 5.97 Å². The minimum atomic E-state index is -1.02. The van der Waals surface area contributed by atoms with E-state index in [0.29, 0.717) is 12.1 Å². The number of aryl methyl sites for hydroxylation is 1. The number of unbranched alkanes of at least 4 members (excludes halogenated alkanes) is 1. The predicted molar refractivity (Wildman–Crippen MR) is 71.7 cm³/mol. The molecule has 0 spiro atoms. The van der Waals surface area contributed by atoms with Gasteiger partial charge in [0.05, 0.1) is 11.4 Å². The lowest BCUT2D eigenvalue weighted by molar-refractivity contribution is 0.0689. The van der Waals surface area contributed by atoms with Gasteiger partial charge >= 0.3 is 5.97 Å². The molecule has 1 aromatic carbocycles. The largest absolute Gasteiger partial charge is 0.476 e. The fourth-order valence-corrected chi connectivity index (χ4v) is 2.00. The number of carbonyl (C=O) groups is 1. The maximum Gasteiger partial charge on any atom is 0.358 e. The predicted octanol–water partition coefficient (Wildman–Crippen LogP) is 2.62. The van der Waals surface area contributed by atoms with E-state index in [1.54, 1.807) is 4.68 Å². The topological polar surface area (TPSA) is 68.0 Å². The monoisotopic (exact) mass is 259 g/mol. The molecule has 0 radical (unpaired) electrons. The first kappa shape index (κ1) is 13.3. The Morgan fingerprint density at radius 1 is 1.42 bits per heavy atom. The van der Waals surface area contributed by atoms with Crippen LogP contribution in [0.15, 0.2) is 24.3 Å². The summed E-state index contributed by atoms with van der Waals surface area (Å²) < 4.78 is 1.63.